The van der Waals surface area contributed by atoms with Crippen molar-refractivity contribution in [1.82, 2.24) is 5.32 Å². The summed E-state index contributed by atoms with van der Waals surface area (Å²) < 4.78 is 0. The number of benzene rings is 1. The Morgan fingerprint density at radius 1 is 1.25 bits per heavy atom. The van der Waals surface area contributed by atoms with Crippen LogP contribution in [0.5, 0.6) is 0 Å². The zero-order valence-corrected chi connectivity index (χ0v) is 13.7. The number of hydrogen-bond acceptors (Lipinski definition) is 1. The van der Waals surface area contributed by atoms with Crippen LogP contribution in [0.2, 0.25) is 0 Å². The topological polar surface area (TPSA) is 12.0 Å². The summed E-state index contributed by atoms with van der Waals surface area (Å²) in [7, 11) is 0. The van der Waals surface area contributed by atoms with E-state index < -0.39 is 0 Å². The first kappa shape index (κ1) is 15.6. The molecule has 1 aliphatic rings. The molecule has 1 saturated carbocycles. The first-order valence-electron chi connectivity index (χ1n) is 8.21. The normalized spacial score (nSPS) is 17.2. The maximum atomic E-state index is 3.73. The van der Waals surface area contributed by atoms with E-state index >= 15 is 0 Å². The van der Waals surface area contributed by atoms with Gasteiger partial charge in [-0.05, 0) is 62.5 Å². The summed E-state index contributed by atoms with van der Waals surface area (Å²) in [6, 6.07) is 9.84. The molecular weight excluding hydrogens is 242 g/mol. The summed E-state index contributed by atoms with van der Waals surface area (Å²) in [4.78, 5) is 0. The summed E-state index contributed by atoms with van der Waals surface area (Å²) in [6.07, 6.45) is 6.64. The Bertz CT molecular complexity index is 412. The predicted octanol–water partition coefficient (Wildman–Crippen LogP) is 4.73. The number of rotatable bonds is 7. The lowest BCUT2D eigenvalue weighted by atomic mass is 9.84. The van der Waals surface area contributed by atoms with Crippen LogP contribution in [0.3, 0.4) is 0 Å². The fourth-order valence-electron chi connectivity index (χ4n) is 2.71. The van der Waals surface area contributed by atoms with Crippen LogP contribution in [0.1, 0.15) is 57.6 Å². The van der Waals surface area contributed by atoms with Crippen LogP contribution in [-0.4, -0.2) is 12.6 Å². The lowest BCUT2D eigenvalue weighted by molar-refractivity contribution is 0.313. The van der Waals surface area contributed by atoms with E-state index in [0.717, 1.165) is 12.0 Å². The molecule has 0 aliphatic heterocycles. The third kappa shape index (κ3) is 6.09. The van der Waals surface area contributed by atoms with Crippen molar-refractivity contribution < 1.29 is 0 Å². The molecule has 1 nitrogen and oxygen atoms in total. The highest BCUT2D eigenvalue weighted by Gasteiger charge is 2.23. The van der Waals surface area contributed by atoms with E-state index in [-0.39, 0.29) is 0 Å². The molecule has 0 radical (unpaired) electrons. The van der Waals surface area contributed by atoms with E-state index in [1.807, 2.05) is 0 Å². The third-order valence-electron chi connectivity index (χ3n) is 4.18. The molecule has 1 fully saturated rings. The minimum atomic E-state index is 0.449. The van der Waals surface area contributed by atoms with Crippen LogP contribution in [0, 0.1) is 18.3 Å². The van der Waals surface area contributed by atoms with E-state index in [1.54, 1.807) is 0 Å². The highest BCUT2D eigenvalue weighted by molar-refractivity contribution is 5.22. The highest BCUT2D eigenvalue weighted by Crippen LogP contribution is 2.26. The minimum Gasteiger partial charge on any atom is -0.314 e. The lowest BCUT2D eigenvalue weighted by Gasteiger charge is -2.24. The molecule has 1 aromatic rings. The number of aryl methyl sites for hydroxylation is 1. The lowest BCUT2D eigenvalue weighted by Crippen LogP contribution is -2.27. The van der Waals surface area contributed by atoms with Gasteiger partial charge in [0.15, 0.2) is 0 Å². The van der Waals surface area contributed by atoms with Crippen molar-refractivity contribution in [2.45, 2.75) is 65.8 Å². The monoisotopic (exact) mass is 273 g/mol. The maximum absolute atomic E-state index is 3.73. The van der Waals surface area contributed by atoms with Crippen LogP contribution < -0.4 is 5.32 Å². The molecule has 0 spiro atoms. The zero-order chi connectivity index (χ0) is 14.6. The van der Waals surface area contributed by atoms with E-state index in [4.69, 9.17) is 0 Å². The largest absolute Gasteiger partial charge is 0.314 e. The zero-order valence-electron chi connectivity index (χ0n) is 13.7. The SMILES string of the molecule is Cc1cccc(CC(CCC(C)(C)C)CNC2CC2)c1. The number of hydrogen-bond donors (Lipinski definition) is 1. The average Bonchev–Trinajstić information content (AvgIpc) is 3.15. The van der Waals surface area contributed by atoms with Crippen LogP contribution >= 0.6 is 0 Å². The average molecular weight is 273 g/mol. The molecule has 20 heavy (non-hydrogen) atoms. The quantitative estimate of drug-likeness (QED) is 0.757. The summed E-state index contributed by atoms with van der Waals surface area (Å²) in [6.45, 7) is 10.4. The van der Waals surface area contributed by atoms with Crippen molar-refractivity contribution in [3.63, 3.8) is 0 Å². The molecule has 0 saturated heterocycles. The molecule has 0 bridgehead atoms. The Hall–Kier alpha value is -0.820. The Morgan fingerprint density at radius 2 is 2.00 bits per heavy atom. The van der Waals surface area contributed by atoms with Gasteiger partial charge in [0.2, 0.25) is 0 Å². The van der Waals surface area contributed by atoms with E-state index in [1.165, 1.54) is 49.8 Å². The van der Waals surface area contributed by atoms with E-state index in [9.17, 15) is 0 Å². The van der Waals surface area contributed by atoms with Gasteiger partial charge in [0, 0.05) is 6.04 Å². The molecule has 1 heteroatoms. The van der Waals surface area contributed by atoms with Crippen LogP contribution in [0.15, 0.2) is 24.3 Å². The van der Waals surface area contributed by atoms with Crippen molar-refractivity contribution in [2.24, 2.45) is 11.3 Å². The number of nitrogens with one attached hydrogen (secondary N) is 1. The van der Waals surface area contributed by atoms with Crippen LogP contribution in [0.4, 0.5) is 0 Å². The van der Waals surface area contributed by atoms with Gasteiger partial charge in [0.25, 0.3) is 0 Å². The molecule has 0 heterocycles. The predicted molar refractivity (Wildman–Crippen MR) is 88.1 cm³/mol. The fraction of sp³-hybridized carbons (Fsp3) is 0.684. The van der Waals surface area contributed by atoms with Gasteiger partial charge in [0.05, 0.1) is 0 Å². The van der Waals surface area contributed by atoms with Gasteiger partial charge in [-0.3, -0.25) is 0 Å². The molecule has 1 unspecified atom stereocenters. The Morgan fingerprint density at radius 3 is 2.60 bits per heavy atom. The standard InChI is InChI=1S/C19H31N/c1-15-6-5-7-16(12-15)13-17(10-11-19(2,3)4)14-20-18-8-9-18/h5-7,12,17-18,20H,8-11,13-14H2,1-4H3. The second-order valence-corrected chi connectivity index (χ2v) is 7.84. The first-order valence-corrected chi connectivity index (χ1v) is 8.21. The highest BCUT2D eigenvalue weighted by atomic mass is 14.9. The summed E-state index contributed by atoms with van der Waals surface area (Å²) in [5.74, 6) is 0.775. The van der Waals surface area contributed by atoms with Crippen molar-refractivity contribution >= 4 is 0 Å². The van der Waals surface area contributed by atoms with Gasteiger partial charge in [-0.2, -0.15) is 0 Å². The van der Waals surface area contributed by atoms with Crippen molar-refractivity contribution in [3.05, 3.63) is 35.4 Å². The molecule has 1 N–H and O–H groups in total. The van der Waals surface area contributed by atoms with Crippen LogP contribution in [0.25, 0.3) is 0 Å². The molecule has 0 amide bonds. The van der Waals surface area contributed by atoms with Gasteiger partial charge in [-0.15, -0.1) is 0 Å². The van der Waals surface area contributed by atoms with Gasteiger partial charge in [-0.1, -0.05) is 50.6 Å². The first-order chi connectivity index (χ1) is 9.42. The second kappa shape index (κ2) is 6.76. The smallest absolute Gasteiger partial charge is 0.00683 e. The van der Waals surface area contributed by atoms with Crippen molar-refractivity contribution in [3.8, 4) is 0 Å². The second-order valence-electron chi connectivity index (χ2n) is 7.84. The molecule has 1 aromatic carbocycles. The summed E-state index contributed by atoms with van der Waals surface area (Å²) in [5.41, 5.74) is 3.33. The van der Waals surface area contributed by atoms with Crippen LogP contribution in [-0.2, 0) is 6.42 Å². The Balaban J connectivity index is 1.89. The summed E-state index contributed by atoms with van der Waals surface area (Å²) in [5, 5.41) is 3.73. The molecule has 1 aliphatic carbocycles. The Kier molecular flexibility index (Phi) is 5.26. The Labute approximate surface area is 125 Å². The third-order valence-corrected chi connectivity index (χ3v) is 4.18. The summed E-state index contributed by atoms with van der Waals surface area (Å²) >= 11 is 0. The van der Waals surface area contributed by atoms with Crippen molar-refractivity contribution in [1.29, 1.82) is 0 Å². The van der Waals surface area contributed by atoms with Gasteiger partial charge in [-0.25, -0.2) is 0 Å². The van der Waals surface area contributed by atoms with E-state index in [2.05, 4.69) is 57.3 Å². The molecule has 112 valence electrons. The maximum Gasteiger partial charge on any atom is 0.00683 e. The van der Waals surface area contributed by atoms with Crippen molar-refractivity contribution in [2.75, 3.05) is 6.54 Å². The molecular formula is C19H31N. The minimum absolute atomic E-state index is 0.449. The van der Waals surface area contributed by atoms with Gasteiger partial charge < -0.3 is 5.32 Å². The fourth-order valence-corrected chi connectivity index (χ4v) is 2.71. The molecule has 1 atom stereocenters. The molecule has 0 aromatic heterocycles. The van der Waals surface area contributed by atoms with E-state index in [0.29, 0.717) is 5.41 Å². The molecule has 2 rings (SSSR count). The van der Waals surface area contributed by atoms with Gasteiger partial charge >= 0.3 is 0 Å². The van der Waals surface area contributed by atoms with Gasteiger partial charge in [0.1, 0.15) is 0 Å².